The number of aliphatic hydroxyl groups excluding tert-OH is 1. The largest absolute Gasteiger partial charge is 0.493 e. The standard InChI is InChI=1S/C15H18N2O2/c1-11-6-14(15(19-2)9-16-11)17-8-12-4-3-5-13(7-12)10-18/h3-7,9,18H,8,10H2,1-2H3,(H,16,17). The van der Waals surface area contributed by atoms with E-state index in [1.165, 1.54) is 0 Å². The van der Waals surface area contributed by atoms with Crippen LogP contribution in [0.3, 0.4) is 0 Å². The molecule has 0 aliphatic carbocycles. The third kappa shape index (κ3) is 3.45. The van der Waals surface area contributed by atoms with Gasteiger partial charge in [0.05, 0.1) is 25.6 Å². The highest BCUT2D eigenvalue weighted by Crippen LogP contribution is 2.24. The maximum absolute atomic E-state index is 9.12. The Hall–Kier alpha value is -2.07. The summed E-state index contributed by atoms with van der Waals surface area (Å²) in [6.45, 7) is 2.68. The Morgan fingerprint density at radius 2 is 2.05 bits per heavy atom. The molecule has 1 heterocycles. The summed E-state index contributed by atoms with van der Waals surface area (Å²) in [4.78, 5) is 4.19. The Balaban J connectivity index is 2.11. The Morgan fingerprint density at radius 1 is 1.26 bits per heavy atom. The van der Waals surface area contributed by atoms with E-state index in [1.807, 2.05) is 37.3 Å². The normalized spacial score (nSPS) is 10.3. The lowest BCUT2D eigenvalue weighted by Crippen LogP contribution is -2.03. The Bertz CT molecular complexity index is 556. The summed E-state index contributed by atoms with van der Waals surface area (Å²) in [5.74, 6) is 0.726. The fourth-order valence-corrected chi connectivity index (χ4v) is 1.88. The summed E-state index contributed by atoms with van der Waals surface area (Å²) in [5, 5.41) is 12.4. The molecule has 0 bridgehead atoms. The first-order chi connectivity index (χ1) is 9.22. The van der Waals surface area contributed by atoms with E-state index in [2.05, 4.69) is 10.3 Å². The van der Waals surface area contributed by atoms with E-state index in [-0.39, 0.29) is 6.61 Å². The van der Waals surface area contributed by atoms with E-state index in [0.717, 1.165) is 28.3 Å². The van der Waals surface area contributed by atoms with Gasteiger partial charge in [0.1, 0.15) is 0 Å². The van der Waals surface area contributed by atoms with E-state index in [1.54, 1.807) is 13.3 Å². The number of hydrogen-bond acceptors (Lipinski definition) is 4. The number of ether oxygens (including phenoxy) is 1. The Morgan fingerprint density at radius 3 is 2.79 bits per heavy atom. The van der Waals surface area contributed by atoms with Crippen LogP contribution >= 0.6 is 0 Å². The van der Waals surface area contributed by atoms with Crippen molar-refractivity contribution < 1.29 is 9.84 Å². The van der Waals surface area contributed by atoms with Crippen LogP contribution in [0, 0.1) is 6.92 Å². The van der Waals surface area contributed by atoms with Crippen LogP contribution in [0.2, 0.25) is 0 Å². The van der Waals surface area contributed by atoms with Gasteiger partial charge in [-0.15, -0.1) is 0 Å². The molecule has 0 unspecified atom stereocenters. The summed E-state index contributed by atoms with van der Waals surface area (Å²) in [6.07, 6.45) is 1.71. The number of methoxy groups -OCH3 is 1. The van der Waals surface area contributed by atoms with Gasteiger partial charge in [0.25, 0.3) is 0 Å². The molecule has 2 aromatic rings. The molecule has 0 saturated carbocycles. The highest BCUT2D eigenvalue weighted by Gasteiger charge is 2.04. The van der Waals surface area contributed by atoms with Gasteiger partial charge in [0.2, 0.25) is 0 Å². The minimum absolute atomic E-state index is 0.0610. The molecule has 1 aromatic carbocycles. The molecule has 4 nitrogen and oxygen atoms in total. The predicted molar refractivity (Wildman–Crippen MR) is 75.2 cm³/mol. The fraction of sp³-hybridized carbons (Fsp3) is 0.267. The molecule has 0 aliphatic heterocycles. The molecule has 0 radical (unpaired) electrons. The second kappa shape index (κ2) is 6.20. The monoisotopic (exact) mass is 258 g/mol. The number of anilines is 1. The van der Waals surface area contributed by atoms with Crippen LogP contribution in [0.25, 0.3) is 0 Å². The third-order valence-corrected chi connectivity index (χ3v) is 2.88. The number of benzene rings is 1. The lowest BCUT2D eigenvalue weighted by Gasteiger charge is -2.12. The molecule has 0 atom stereocenters. The topological polar surface area (TPSA) is 54.4 Å². The number of rotatable bonds is 5. The van der Waals surface area contributed by atoms with Gasteiger partial charge in [-0.1, -0.05) is 24.3 Å². The summed E-state index contributed by atoms with van der Waals surface area (Å²) in [6, 6.07) is 9.80. The van der Waals surface area contributed by atoms with Crippen LogP contribution < -0.4 is 10.1 Å². The van der Waals surface area contributed by atoms with Gasteiger partial charge in [0.15, 0.2) is 5.75 Å². The van der Waals surface area contributed by atoms with E-state index < -0.39 is 0 Å². The SMILES string of the molecule is COc1cnc(C)cc1NCc1cccc(CO)c1. The van der Waals surface area contributed by atoms with Crippen molar-refractivity contribution in [3.8, 4) is 5.75 Å². The van der Waals surface area contributed by atoms with Crippen molar-refractivity contribution in [2.24, 2.45) is 0 Å². The van der Waals surface area contributed by atoms with Crippen molar-refractivity contribution in [1.82, 2.24) is 4.98 Å². The molecule has 0 fully saturated rings. The van der Waals surface area contributed by atoms with Gasteiger partial charge in [-0.05, 0) is 24.1 Å². The van der Waals surface area contributed by atoms with Crippen LogP contribution in [0.5, 0.6) is 5.75 Å². The number of pyridine rings is 1. The summed E-state index contributed by atoms with van der Waals surface area (Å²) < 4.78 is 5.27. The Labute approximate surface area is 113 Å². The highest BCUT2D eigenvalue weighted by molar-refractivity contribution is 5.56. The van der Waals surface area contributed by atoms with E-state index in [4.69, 9.17) is 9.84 Å². The maximum Gasteiger partial charge on any atom is 0.160 e. The molecular weight excluding hydrogens is 240 g/mol. The van der Waals surface area contributed by atoms with Crippen LogP contribution in [-0.4, -0.2) is 17.2 Å². The molecule has 19 heavy (non-hydrogen) atoms. The molecule has 2 N–H and O–H groups in total. The summed E-state index contributed by atoms with van der Waals surface area (Å²) >= 11 is 0. The third-order valence-electron chi connectivity index (χ3n) is 2.88. The molecule has 0 spiro atoms. The maximum atomic E-state index is 9.12. The lowest BCUT2D eigenvalue weighted by molar-refractivity contribution is 0.281. The second-order valence-electron chi connectivity index (χ2n) is 4.36. The van der Waals surface area contributed by atoms with Crippen LogP contribution in [-0.2, 0) is 13.2 Å². The molecule has 2 rings (SSSR count). The van der Waals surface area contributed by atoms with Gasteiger partial charge >= 0.3 is 0 Å². The van der Waals surface area contributed by atoms with E-state index in [0.29, 0.717) is 6.54 Å². The fourth-order valence-electron chi connectivity index (χ4n) is 1.88. The van der Waals surface area contributed by atoms with Crippen LogP contribution in [0.4, 0.5) is 5.69 Å². The first kappa shape index (κ1) is 13.4. The van der Waals surface area contributed by atoms with Crippen molar-refractivity contribution >= 4 is 5.69 Å². The van der Waals surface area contributed by atoms with Crippen molar-refractivity contribution in [2.45, 2.75) is 20.1 Å². The number of aromatic nitrogens is 1. The van der Waals surface area contributed by atoms with Gasteiger partial charge in [-0.2, -0.15) is 0 Å². The molecule has 100 valence electrons. The average molecular weight is 258 g/mol. The zero-order chi connectivity index (χ0) is 13.7. The Kier molecular flexibility index (Phi) is 4.36. The number of nitrogens with zero attached hydrogens (tertiary/aromatic N) is 1. The minimum atomic E-state index is 0.0610. The highest BCUT2D eigenvalue weighted by atomic mass is 16.5. The van der Waals surface area contributed by atoms with Gasteiger partial charge < -0.3 is 15.2 Å². The average Bonchev–Trinajstić information content (AvgIpc) is 2.45. The van der Waals surface area contributed by atoms with Crippen LogP contribution in [0.15, 0.2) is 36.5 Å². The lowest BCUT2D eigenvalue weighted by atomic mass is 10.1. The van der Waals surface area contributed by atoms with Gasteiger partial charge in [-0.25, -0.2) is 0 Å². The van der Waals surface area contributed by atoms with E-state index >= 15 is 0 Å². The smallest absolute Gasteiger partial charge is 0.160 e. The zero-order valence-electron chi connectivity index (χ0n) is 11.2. The molecular formula is C15H18N2O2. The number of aliphatic hydroxyl groups is 1. The van der Waals surface area contributed by atoms with Crippen molar-refractivity contribution in [3.63, 3.8) is 0 Å². The quantitative estimate of drug-likeness (QED) is 0.865. The van der Waals surface area contributed by atoms with Crippen molar-refractivity contribution in [2.75, 3.05) is 12.4 Å². The molecule has 4 heteroatoms. The summed E-state index contributed by atoms with van der Waals surface area (Å²) in [7, 11) is 1.63. The molecule has 1 aromatic heterocycles. The first-order valence-corrected chi connectivity index (χ1v) is 6.16. The number of aryl methyl sites for hydroxylation is 1. The molecule has 0 aliphatic rings. The van der Waals surface area contributed by atoms with E-state index in [9.17, 15) is 0 Å². The molecule has 0 amide bonds. The van der Waals surface area contributed by atoms with Gasteiger partial charge in [-0.3, -0.25) is 4.98 Å². The second-order valence-corrected chi connectivity index (χ2v) is 4.36. The van der Waals surface area contributed by atoms with Crippen LogP contribution in [0.1, 0.15) is 16.8 Å². The predicted octanol–water partition coefficient (Wildman–Crippen LogP) is 2.50. The minimum Gasteiger partial charge on any atom is -0.493 e. The zero-order valence-corrected chi connectivity index (χ0v) is 11.2. The molecule has 0 saturated heterocycles. The van der Waals surface area contributed by atoms with Crippen molar-refractivity contribution in [1.29, 1.82) is 0 Å². The van der Waals surface area contributed by atoms with Crippen molar-refractivity contribution in [3.05, 3.63) is 53.3 Å². The number of hydrogen-bond donors (Lipinski definition) is 2. The van der Waals surface area contributed by atoms with Gasteiger partial charge in [0, 0.05) is 12.2 Å². The first-order valence-electron chi connectivity index (χ1n) is 6.16. The summed E-state index contributed by atoms with van der Waals surface area (Å²) in [5.41, 5.74) is 3.89. The number of nitrogens with one attached hydrogen (secondary N) is 1.